The van der Waals surface area contributed by atoms with Gasteiger partial charge in [-0.1, -0.05) is 66.4 Å². The molecule has 3 aromatic rings. The molecular weight excluding hydrogens is 449 g/mol. The third kappa shape index (κ3) is 5.03. The van der Waals surface area contributed by atoms with Crippen LogP contribution in [0.15, 0.2) is 89.5 Å². The van der Waals surface area contributed by atoms with Crippen molar-refractivity contribution in [1.29, 1.82) is 5.26 Å². The number of thioether (sulfide) groups is 1. The van der Waals surface area contributed by atoms with Crippen molar-refractivity contribution in [3.63, 3.8) is 0 Å². The zero-order valence-corrected chi connectivity index (χ0v) is 19.3. The molecule has 1 aliphatic heterocycles. The van der Waals surface area contributed by atoms with Crippen molar-refractivity contribution < 1.29 is 14.0 Å². The lowest BCUT2D eigenvalue weighted by Crippen LogP contribution is -2.32. The number of nitrogens with zero attached hydrogens (tertiary/aromatic N) is 2. The molecule has 1 atom stereocenters. The summed E-state index contributed by atoms with van der Waals surface area (Å²) < 4.78 is 13.6. The van der Waals surface area contributed by atoms with E-state index in [4.69, 9.17) is 0 Å². The summed E-state index contributed by atoms with van der Waals surface area (Å²) in [5.41, 5.74) is 3.22. The Morgan fingerprint density at radius 1 is 1.06 bits per heavy atom. The summed E-state index contributed by atoms with van der Waals surface area (Å²) in [6, 6.07) is 24.6. The smallest absolute Gasteiger partial charge is 0.264 e. The van der Waals surface area contributed by atoms with E-state index in [1.165, 1.54) is 40.9 Å². The highest BCUT2D eigenvalue weighted by atomic mass is 32.2. The maximum atomic E-state index is 13.6. The van der Waals surface area contributed by atoms with Gasteiger partial charge in [0.2, 0.25) is 5.91 Å². The van der Waals surface area contributed by atoms with Crippen LogP contribution in [0.3, 0.4) is 0 Å². The lowest BCUT2D eigenvalue weighted by molar-refractivity contribution is -0.117. The van der Waals surface area contributed by atoms with E-state index in [1.807, 2.05) is 67.6 Å². The minimum absolute atomic E-state index is 0.147. The Morgan fingerprint density at radius 2 is 1.74 bits per heavy atom. The number of hydrogen-bond acceptors (Lipinski definition) is 4. The van der Waals surface area contributed by atoms with Gasteiger partial charge in [0.1, 0.15) is 22.5 Å². The van der Waals surface area contributed by atoms with E-state index in [0.29, 0.717) is 12.1 Å². The number of aryl methyl sites for hydroxylation is 1. The van der Waals surface area contributed by atoms with E-state index in [2.05, 4.69) is 5.32 Å². The number of nitriles is 1. The van der Waals surface area contributed by atoms with Gasteiger partial charge in [0.25, 0.3) is 5.91 Å². The van der Waals surface area contributed by atoms with Crippen LogP contribution in [-0.4, -0.2) is 17.1 Å². The molecule has 4 rings (SSSR count). The van der Waals surface area contributed by atoms with Crippen LogP contribution in [0, 0.1) is 24.1 Å². The van der Waals surface area contributed by atoms with Gasteiger partial charge < -0.3 is 5.32 Å². The highest BCUT2D eigenvalue weighted by Crippen LogP contribution is 2.42. The SMILES string of the molecule is Cc1ccccc1CC1S/C(=C(/C#N)C(=O)NCc2ccccc2)N(c2ccc(F)cc2)C1=O. The molecule has 0 spiro atoms. The largest absolute Gasteiger partial charge is 0.347 e. The highest BCUT2D eigenvalue weighted by Gasteiger charge is 2.41. The van der Waals surface area contributed by atoms with Crippen molar-refractivity contribution in [2.24, 2.45) is 0 Å². The molecule has 1 heterocycles. The van der Waals surface area contributed by atoms with Crippen molar-refractivity contribution in [2.45, 2.75) is 25.1 Å². The van der Waals surface area contributed by atoms with Gasteiger partial charge in [-0.05, 0) is 54.3 Å². The fourth-order valence-corrected chi connectivity index (χ4v) is 5.01. The van der Waals surface area contributed by atoms with Crippen LogP contribution in [-0.2, 0) is 22.6 Å². The average molecular weight is 472 g/mol. The van der Waals surface area contributed by atoms with Gasteiger partial charge in [-0.25, -0.2) is 4.39 Å². The number of carbonyl (C=O) groups excluding carboxylic acids is 2. The Kier molecular flexibility index (Phi) is 7.09. The number of halogens is 1. The van der Waals surface area contributed by atoms with Crippen molar-refractivity contribution >= 4 is 29.3 Å². The molecule has 5 nitrogen and oxygen atoms in total. The van der Waals surface area contributed by atoms with E-state index in [9.17, 15) is 19.2 Å². The molecule has 0 saturated carbocycles. The Bertz CT molecular complexity index is 1280. The van der Waals surface area contributed by atoms with Gasteiger partial charge in [0.15, 0.2) is 0 Å². The maximum Gasteiger partial charge on any atom is 0.264 e. The van der Waals surface area contributed by atoms with E-state index in [-0.39, 0.29) is 23.1 Å². The molecule has 7 heteroatoms. The van der Waals surface area contributed by atoms with Crippen molar-refractivity contribution in [3.8, 4) is 6.07 Å². The summed E-state index contributed by atoms with van der Waals surface area (Å²) in [6.45, 7) is 2.23. The molecule has 1 unspecified atom stereocenters. The summed E-state index contributed by atoms with van der Waals surface area (Å²) in [7, 11) is 0. The van der Waals surface area contributed by atoms with E-state index in [0.717, 1.165) is 16.7 Å². The third-order valence-corrected chi connectivity index (χ3v) is 6.82. The van der Waals surface area contributed by atoms with Crippen molar-refractivity contribution in [3.05, 3.63) is 112 Å². The minimum Gasteiger partial charge on any atom is -0.347 e. The summed E-state index contributed by atoms with van der Waals surface area (Å²) in [5, 5.41) is 12.4. The Labute approximate surface area is 201 Å². The van der Waals surface area contributed by atoms with Crippen LogP contribution in [0.5, 0.6) is 0 Å². The molecule has 1 N–H and O–H groups in total. The molecule has 0 aliphatic carbocycles. The van der Waals surface area contributed by atoms with Gasteiger partial charge in [-0.3, -0.25) is 14.5 Å². The average Bonchev–Trinajstić information content (AvgIpc) is 3.16. The predicted molar refractivity (Wildman–Crippen MR) is 131 cm³/mol. The van der Waals surface area contributed by atoms with Crippen molar-refractivity contribution in [1.82, 2.24) is 5.32 Å². The molecule has 34 heavy (non-hydrogen) atoms. The molecule has 1 fully saturated rings. The minimum atomic E-state index is -0.565. The topological polar surface area (TPSA) is 73.2 Å². The number of rotatable bonds is 6. The second kappa shape index (κ2) is 10.4. The predicted octanol–water partition coefficient (Wildman–Crippen LogP) is 4.88. The normalized spacial score (nSPS) is 16.8. The Hall–Kier alpha value is -3.89. The van der Waals surface area contributed by atoms with E-state index < -0.39 is 17.0 Å². The number of hydrogen-bond donors (Lipinski definition) is 1. The second-order valence-electron chi connectivity index (χ2n) is 7.85. The zero-order valence-electron chi connectivity index (χ0n) is 18.5. The van der Waals surface area contributed by atoms with Gasteiger partial charge in [-0.2, -0.15) is 5.26 Å². The van der Waals surface area contributed by atoms with E-state index >= 15 is 0 Å². The quantitative estimate of drug-likeness (QED) is 0.411. The first-order valence-electron chi connectivity index (χ1n) is 10.7. The van der Waals surface area contributed by atoms with Crippen LogP contribution in [0.25, 0.3) is 0 Å². The van der Waals surface area contributed by atoms with E-state index in [1.54, 1.807) is 0 Å². The van der Waals surface area contributed by atoms with Gasteiger partial charge in [0.05, 0.1) is 5.25 Å². The standard InChI is InChI=1S/C27H22FN3O2S/c1-18-7-5-6-10-20(18)15-24-26(33)31(22-13-11-21(28)12-14-22)27(34-24)23(16-29)25(32)30-17-19-8-3-2-4-9-19/h2-14,24H,15,17H2,1H3,(H,30,32)/b27-23-. The number of carbonyl (C=O) groups is 2. The maximum absolute atomic E-state index is 13.6. The third-order valence-electron chi connectivity index (χ3n) is 5.55. The van der Waals surface area contributed by atoms with Crippen molar-refractivity contribution in [2.75, 3.05) is 4.90 Å². The highest BCUT2D eigenvalue weighted by molar-refractivity contribution is 8.05. The van der Waals surface area contributed by atoms with Crippen LogP contribution < -0.4 is 10.2 Å². The lowest BCUT2D eigenvalue weighted by Gasteiger charge is -2.18. The van der Waals surface area contributed by atoms with Crippen LogP contribution >= 0.6 is 11.8 Å². The Balaban J connectivity index is 1.68. The van der Waals surface area contributed by atoms with Crippen LogP contribution in [0.2, 0.25) is 0 Å². The zero-order chi connectivity index (χ0) is 24.1. The van der Waals surface area contributed by atoms with Gasteiger partial charge in [0, 0.05) is 12.2 Å². The summed E-state index contributed by atoms with van der Waals surface area (Å²) in [5.74, 6) is -1.25. The molecule has 0 aromatic heterocycles. The summed E-state index contributed by atoms with van der Waals surface area (Å²) in [6.07, 6.45) is 0.446. The first-order chi connectivity index (χ1) is 16.5. The summed E-state index contributed by atoms with van der Waals surface area (Å²) >= 11 is 1.19. The molecule has 1 aliphatic rings. The molecule has 2 amide bonds. The fourth-order valence-electron chi connectivity index (χ4n) is 3.72. The number of benzene rings is 3. The number of amides is 2. The monoisotopic (exact) mass is 471 g/mol. The first kappa shape index (κ1) is 23.3. The Morgan fingerprint density at radius 3 is 2.41 bits per heavy atom. The van der Waals surface area contributed by atoms with Crippen LogP contribution in [0.4, 0.5) is 10.1 Å². The van der Waals surface area contributed by atoms with Crippen LogP contribution in [0.1, 0.15) is 16.7 Å². The molecule has 0 bridgehead atoms. The van der Waals surface area contributed by atoms with Gasteiger partial charge >= 0.3 is 0 Å². The number of nitrogens with one attached hydrogen (secondary N) is 1. The second-order valence-corrected chi connectivity index (χ2v) is 9.04. The summed E-state index contributed by atoms with van der Waals surface area (Å²) in [4.78, 5) is 27.8. The van der Waals surface area contributed by atoms with Gasteiger partial charge in [-0.15, -0.1) is 0 Å². The lowest BCUT2D eigenvalue weighted by atomic mass is 10.0. The molecule has 1 saturated heterocycles. The first-order valence-corrected chi connectivity index (χ1v) is 11.6. The number of anilines is 1. The molecule has 170 valence electrons. The molecule has 0 radical (unpaired) electrons. The molecule has 3 aromatic carbocycles. The fraction of sp³-hybridized carbons (Fsp3) is 0.148. The molecular formula is C27H22FN3O2S.